The van der Waals surface area contributed by atoms with Gasteiger partial charge in [-0.2, -0.15) is 0 Å². The van der Waals surface area contributed by atoms with Crippen LogP contribution in [0.5, 0.6) is 0 Å². The van der Waals surface area contributed by atoms with E-state index in [0.29, 0.717) is 30.4 Å². The number of amides is 2. The monoisotopic (exact) mass is 432 g/mol. The zero-order valence-electron chi connectivity index (χ0n) is 16.7. The largest absolute Gasteiger partial charge is 0.382 e. The van der Waals surface area contributed by atoms with Crippen molar-refractivity contribution in [2.75, 3.05) is 46.9 Å². The van der Waals surface area contributed by atoms with Crippen molar-refractivity contribution in [2.45, 2.75) is 19.4 Å². The molecular formula is C19H29ClN2O7. The SMILES string of the molecule is CCOCOC[C@H](C[C@H](COCCOC)C(=O)NO)NC(=O)c1ccc(Cl)cc1. The Kier molecular flexibility index (Phi) is 13.2. The molecule has 1 aromatic carbocycles. The summed E-state index contributed by atoms with van der Waals surface area (Å²) in [5.74, 6) is -1.66. The molecule has 0 heterocycles. The van der Waals surface area contributed by atoms with Crippen LogP contribution in [0.4, 0.5) is 0 Å². The third-order valence-corrected chi connectivity index (χ3v) is 4.18. The maximum atomic E-state index is 12.5. The van der Waals surface area contributed by atoms with E-state index >= 15 is 0 Å². The third-order valence-electron chi connectivity index (χ3n) is 3.93. The minimum Gasteiger partial charge on any atom is -0.382 e. The standard InChI is InChI=1S/C19H29ClN2O7/c1-3-27-13-29-12-17(21-18(23)14-4-6-16(20)7-5-14)10-15(19(24)22-25)11-28-9-8-26-2/h4-7,15,17,25H,3,8-13H2,1-2H3,(H,21,23)(H,22,24)/t15-,17+/m1/s1. The average molecular weight is 433 g/mol. The predicted octanol–water partition coefficient (Wildman–Crippen LogP) is 1.62. The Labute approximate surface area is 175 Å². The van der Waals surface area contributed by atoms with Gasteiger partial charge in [0.2, 0.25) is 5.91 Å². The first-order chi connectivity index (χ1) is 14.0. The summed E-state index contributed by atoms with van der Waals surface area (Å²) < 4.78 is 20.9. The first kappa shape index (κ1) is 25.3. The molecule has 0 bridgehead atoms. The van der Waals surface area contributed by atoms with Crippen LogP contribution in [0.25, 0.3) is 0 Å². The van der Waals surface area contributed by atoms with Gasteiger partial charge in [0.15, 0.2) is 0 Å². The summed E-state index contributed by atoms with van der Waals surface area (Å²) in [6.07, 6.45) is 0.185. The number of methoxy groups -OCH3 is 1. The van der Waals surface area contributed by atoms with Crippen LogP contribution in [0, 0.1) is 5.92 Å². The van der Waals surface area contributed by atoms with Gasteiger partial charge in [0.1, 0.15) is 6.79 Å². The van der Waals surface area contributed by atoms with Gasteiger partial charge in [-0.3, -0.25) is 14.8 Å². The highest BCUT2D eigenvalue weighted by atomic mass is 35.5. The summed E-state index contributed by atoms with van der Waals surface area (Å²) in [6, 6.07) is 5.90. The number of halogens is 1. The maximum absolute atomic E-state index is 12.5. The zero-order valence-corrected chi connectivity index (χ0v) is 17.4. The van der Waals surface area contributed by atoms with Crippen molar-refractivity contribution < 1.29 is 33.7 Å². The number of hydroxylamine groups is 1. The fourth-order valence-electron chi connectivity index (χ4n) is 2.42. The molecule has 0 aliphatic rings. The lowest BCUT2D eigenvalue weighted by molar-refractivity contribution is -0.136. The smallest absolute Gasteiger partial charge is 0.251 e. The lowest BCUT2D eigenvalue weighted by atomic mass is 9.99. The predicted molar refractivity (Wildman–Crippen MR) is 106 cm³/mol. The highest BCUT2D eigenvalue weighted by Gasteiger charge is 2.25. The van der Waals surface area contributed by atoms with Gasteiger partial charge in [-0.25, -0.2) is 5.48 Å². The molecule has 2 amide bonds. The average Bonchev–Trinajstić information content (AvgIpc) is 2.72. The summed E-state index contributed by atoms with van der Waals surface area (Å²) in [7, 11) is 1.54. The van der Waals surface area contributed by atoms with Gasteiger partial charge in [-0.15, -0.1) is 0 Å². The topological polar surface area (TPSA) is 115 Å². The van der Waals surface area contributed by atoms with Crippen LogP contribution in [0.3, 0.4) is 0 Å². The summed E-state index contributed by atoms with van der Waals surface area (Å²) in [5, 5.41) is 12.4. The second-order valence-corrected chi connectivity index (χ2v) is 6.57. The Morgan fingerprint density at radius 3 is 2.45 bits per heavy atom. The fraction of sp³-hybridized carbons (Fsp3) is 0.579. The van der Waals surface area contributed by atoms with Crippen LogP contribution in [0.2, 0.25) is 5.02 Å². The molecule has 0 radical (unpaired) electrons. The van der Waals surface area contributed by atoms with Gasteiger partial charge >= 0.3 is 0 Å². The van der Waals surface area contributed by atoms with E-state index in [1.165, 1.54) is 0 Å². The highest BCUT2D eigenvalue weighted by molar-refractivity contribution is 6.30. The Balaban J connectivity index is 2.76. The first-order valence-corrected chi connectivity index (χ1v) is 9.62. The lowest BCUT2D eigenvalue weighted by Gasteiger charge is -2.23. The van der Waals surface area contributed by atoms with E-state index in [2.05, 4.69) is 5.32 Å². The van der Waals surface area contributed by atoms with Gasteiger partial charge < -0.3 is 24.3 Å². The molecule has 1 rings (SSSR count). The number of hydrogen-bond acceptors (Lipinski definition) is 7. The number of carbonyl (C=O) groups is 2. The van der Waals surface area contributed by atoms with Crippen LogP contribution in [-0.2, 0) is 23.7 Å². The molecule has 0 aromatic heterocycles. The normalized spacial score (nSPS) is 13.0. The number of benzene rings is 1. The molecule has 0 fully saturated rings. The zero-order chi connectivity index (χ0) is 21.5. The summed E-state index contributed by atoms with van der Waals surface area (Å²) >= 11 is 5.85. The van der Waals surface area contributed by atoms with E-state index in [9.17, 15) is 9.59 Å². The minimum atomic E-state index is -0.705. The Morgan fingerprint density at radius 1 is 1.10 bits per heavy atom. The molecule has 2 atom stereocenters. The van der Waals surface area contributed by atoms with Crippen molar-refractivity contribution in [1.82, 2.24) is 10.8 Å². The van der Waals surface area contributed by atoms with Crippen LogP contribution in [-0.4, -0.2) is 70.0 Å². The molecule has 29 heavy (non-hydrogen) atoms. The van der Waals surface area contributed by atoms with Gasteiger partial charge in [0.25, 0.3) is 5.91 Å². The summed E-state index contributed by atoms with van der Waals surface area (Å²) in [4.78, 5) is 24.6. The molecule has 0 spiro atoms. The second kappa shape index (κ2) is 15.1. The number of rotatable bonds is 15. The molecule has 1 aromatic rings. The summed E-state index contributed by atoms with van der Waals surface area (Å²) in [5.41, 5.74) is 2.06. The van der Waals surface area contributed by atoms with Crippen molar-refractivity contribution in [2.24, 2.45) is 5.92 Å². The molecule has 0 saturated heterocycles. The van der Waals surface area contributed by atoms with E-state index in [4.69, 9.17) is 35.8 Å². The quantitative estimate of drug-likeness (QED) is 0.167. The Morgan fingerprint density at radius 2 is 1.83 bits per heavy atom. The van der Waals surface area contributed by atoms with Crippen LogP contribution >= 0.6 is 11.6 Å². The minimum absolute atomic E-state index is 0.0501. The molecule has 0 saturated carbocycles. The molecule has 0 aliphatic heterocycles. The van der Waals surface area contributed by atoms with Gasteiger partial charge in [0, 0.05) is 24.3 Å². The van der Waals surface area contributed by atoms with Crippen LogP contribution in [0.15, 0.2) is 24.3 Å². The van der Waals surface area contributed by atoms with E-state index in [1.54, 1.807) is 36.9 Å². The van der Waals surface area contributed by atoms with Crippen molar-refractivity contribution >= 4 is 23.4 Å². The number of ether oxygens (including phenoxy) is 4. The fourth-order valence-corrected chi connectivity index (χ4v) is 2.55. The molecular weight excluding hydrogens is 404 g/mol. The number of hydrogen-bond donors (Lipinski definition) is 3. The van der Waals surface area contributed by atoms with E-state index in [1.807, 2.05) is 6.92 Å². The Bertz CT molecular complexity index is 601. The van der Waals surface area contributed by atoms with Crippen LogP contribution < -0.4 is 10.8 Å². The molecule has 164 valence electrons. The molecule has 0 aliphatic carbocycles. The van der Waals surface area contributed by atoms with Crippen molar-refractivity contribution in [1.29, 1.82) is 0 Å². The molecule has 3 N–H and O–H groups in total. The number of carbonyl (C=O) groups excluding carboxylic acids is 2. The Hall–Kier alpha value is -1.75. The van der Waals surface area contributed by atoms with Crippen molar-refractivity contribution in [3.05, 3.63) is 34.9 Å². The van der Waals surface area contributed by atoms with Gasteiger partial charge in [-0.1, -0.05) is 11.6 Å². The molecule has 10 heteroatoms. The third kappa shape index (κ3) is 10.6. The second-order valence-electron chi connectivity index (χ2n) is 6.14. The maximum Gasteiger partial charge on any atom is 0.251 e. The van der Waals surface area contributed by atoms with Crippen LogP contribution in [0.1, 0.15) is 23.7 Å². The van der Waals surface area contributed by atoms with E-state index in [0.717, 1.165) is 0 Å². The van der Waals surface area contributed by atoms with Crippen molar-refractivity contribution in [3.63, 3.8) is 0 Å². The number of nitrogens with one attached hydrogen (secondary N) is 2. The highest BCUT2D eigenvalue weighted by Crippen LogP contribution is 2.12. The van der Waals surface area contributed by atoms with Gasteiger partial charge in [-0.05, 0) is 37.6 Å². The van der Waals surface area contributed by atoms with Crippen molar-refractivity contribution in [3.8, 4) is 0 Å². The molecule has 9 nitrogen and oxygen atoms in total. The molecule has 0 unspecified atom stereocenters. The lowest BCUT2D eigenvalue weighted by Crippen LogP contribution is -2.43. The first-order valence-electron chi connectivity index (χ1n) is 9.24. The van der Waals surface area contributed by atoms with E-state index in [-0.39, 0.29) is 32.3 Å². The van der Waals surface area contributed by atoms with Gasteiger partial charge in [0.05, 0.1) is 38.4 Å². The summed E-state index contributed by atoms with van der Waals surface area (Å²) in [6.45, 7) is 3.23. The van der Waals surface area contributed by atoms with E-state index < -0.39 is 17.9 Å².